The summed E-state index contributed by atoms with van der Waals surface area (Å²) in [6, 6.07) is 14.8. The predicted molar refractivity (Wildman–Crippen MR) is 90.2 cm³/mol. The van der Waals surface area contributed by atoms with Gasteiger partial charge in [0.05, 0.1) is 24.7 Å². The van der Waals surface area contributed by atoms with Crippen molar-refractivity contribution in [3.63, 3.8) is 0 Å². The first kappa shape index (κ1) is 15.4. The topological polar surface area (TPSA) is 40.5 Å². The van der Waals surface area contributed by atoms with E-state index in [1.807, 2.05) is 41.1 Å². The molecule has 0 unspecified atom stereocenters. The molecular formula is C18H16ClNO3. The average Bonchev–Trinajstić information content (AvgIpc) is 2.99. The third-order valence-corrected chi connectivity index (χ3v) is 3.86. The van der Waals surface area contributed by atoms with Crippen molar-refractivity contribution in [3.05, 3.63) is 65.3 Å². The maximum atomic E-state index is 11.9. The van der Waals surface area contributed by atoms with Crippen molar-refractivity contribution in [2.45, 2.75) is 6.54 Å². The fourth-order valence-corrected chi connectivity index (χ4v) is 2.64. The van der Waals surface area contributed by atoms with Gasteiger partial charge in [-0.15, -0.1) is 0 Å². The Morgan fingerprint density at radius 2 is 1.91 bits per heavy atom. The molecule has 0 aliphatic heterocycles. The molecule has 0 amide bonds. The highest BCUT2D eigenvalue weighted by Crippen LogP contribution is 2.21. The maximum absolute atomic E-state index is 11.9. The molecule has 3 aromatic rings. The third-order valence-electron chi connectivity index (χ3n) is 3.61. The Bertz CT molecular complexity index is 824. The highest BCUT2D eigenvalue weighted by atomic mass is 35.5. The van der Waals surface area contributed by atoms with Crippen LogP contribution in [0.1, 0.15) is 10.4 Å². The van der Waals surface area contributed by atoms with E-state index in [-0.39, 0.29) is 5.97 Å². The minimum absolute atomic E-state index is 0.339. The van der Waals surface area contributed by atoms with Gasteiger partial charge in [-0.25, -0.2) is 4.79 Å². The number of methoxy groups -OCH3 is 1. The lowest BCUT2D eigenvalue weighted by Gasteiger charge is -2.10. The van der Waals surface area contributed by atoms with Gasteiger partial charge in [0.2, 0.25) is 0 Å². The molecule has 0 N–H and O–H groups in total. The summed E-state index contributed by atoms with van der Waals surface area (Å²) < 4.78 is 12.6. The molecule has 0 aliphatic carbocycles. The largest absolute Gasteiger partial charge is 0.492 e. The molecule has 1 heterocycles. The van der Waals surface area contributed by atoms with E-state index in [4.69, 9.17) is 21.1 Å². The van der Waals surface area contributed by atoms with Crippen LogP contribution in [0.5, 0.6) is 5.75 Å². The number of nitrogens with zero attached hydrogens (tertiary/aromatic N) is 1. The second-order valence-electron chi connectivity index (χ2n) is 5.05. The Kier molecular flexibility index (Phi) is 4.53. The van der Waals surface area contributed by atoms with Gasteiger partial charge in [0.15, 0.2) is 0 Å². The Morgan fingerprint density at radius 1 is 1.13 bits per heavy atom. The molecule has 2 aromatic carbocycles. The van der Waals surface area contributed by atoms with Crippen LogP contribution in [-0.4, -0.2) is 24.3 Å². The van der Waals surface area contributed by atoms with E-state index in [9.17, 15) is 4.79 Å². The lowest BCUT2D eigenvalue weighted by molar-refractivity contribution is 0.0602. The Balaban J connectivity index is 1.77. The molecule has 5 heteroatoms. The molecule has 1 aromatic heterocycles. The lowest BCUT2D eigenvalue weighted by Crippen LogP contribution is -2.10. The molecule has 4 nitrogen and oxygen atoms in total. The first-order valence-corrected chi connectivity index (χ1v) is 7.61. The van der Waals surface area contributed by atoms with Crippen molar-refractivity contribution < 1.29 is 14.3 Å². The van der Waals surface area contributed by atoms with Gasteiger partial charge in [-0.3, -0.25) is 0 Å². The fourth-order valence-electron chi connectivity index (χ4n) is 2.51. The van der Waals surface area contributed by atoms with Crippen LogP contribution < -0.4 is 4.74 Å². The summed E-state index contributed by atoms with van der Waals surface area (Å²) in [5.41, 5.74) is 1.42. The highest BCUT2D eigenvalue weighted by Gasteiger charge is 2.13. The summed E-state index contributed by atoms with van der Waals surface area (Å²) in [4.78, 5) is 11.9. The molecule has 118 valence electrons. The van der Waals surface area contributed by atoms with Crippen LogP contribution in [0.2, 0.25) is 5.02 Å². The number of halogens is 1. The van der Waals surface area contributed by atoms with E-state index < -0.39 is 0 Å². The monoisotopic (exact) mass is 329 g/mol. The van der Waals surface area contributed by atoms with Gasteiger partial charge >= 0.3 is 5.97 Å². The molecule has 0 atom stereocenters. The predicted octanol–water partition coefficient (Wildman–Crippen LogP) is 4.16. The molecule has 0 saturated carbocycles. The van der Waals surface area contributed by atoms with Crippen molar-refractivity contribution in [1.29, 1.82) is 0 Å². The lowest BCUT2D eigenvalue weighted by atomic mass is 10.1. The molecule has 3 rings (SSSR count). The quantitative estimate of drug-likeness (QED) is 0.660. The van der Waals surface area contributed by atoms with E-state index in [1.54, 1.807) is 18.2 Å². The van der Waals surface area contributed by atoms with E-state index >= 15 is 0 Å². The number of benzene rings is 2. The minimum atomic E-state index is -0.339. The van der Waals surface area contributed by atoms with Gasteiger partial charge in [-0.05, 0) is 36.4 Å². The zero-order valence-corrected chi connectivity index (χ0v) is 13.4. The van der Waals surface area contributed by atoms with Gasteiger partial charge < -0.3 is 14.0 Å². The number of carbonyl (C=O) groups excluding carboxylic acids is 1. The number of carbonyl (C=O) groups is 1. The standard InChI is InChI=1S/C18H16ClNO3/c1-22-18(21)16-4-2-3-13-9-10-20(17(13)16)11-12-23-15-7-5-14(19)6-8-15/h2-10H,11-12H2,1H3. The number of hydrogen-bond acceptors (Lipinski definition) is 3. The third kappa shape index (κ3) is 3.32. The Morgan fingerprint density at radius 3 is 2.65 bits per heavy atom. The van der Waals surface area contributed by atoms with Crippen molar-refractivity contribution in [1.82, 2.24) is 4.57 Å². The first-order valence-electron chi connectivity index (χ1n) is 7.23. The number of rotatable bonds is 5. The second kappa shape index (κ2) is 6.75. The zero-order valence-electron chi connectivity index (χ0n) is 12.7. The number of hydrogen-bond donors (Lipinski definition) is 0. The highest BCUT2D eigenvalue weighted by molar-refractivity contribution is 6.30. The summed E-state index contributed by atoms with van der Waals surface area (Å²) >= 11 is 5.85. The molecule has 0 aliphatic rings. The summed E-state index contributed by atoms with van der Waals surface area (Å²) in [6.45, 7) is 1.11. The number of aromatic nitrogens is 1. The second-order valence-corrected chi connectivity index (χ2v) is 5.48. The first-order chi connectivity index (χ1) is 11.2. The van der Waals surface area contributed by atoms with Crippen LogP contribution in [0.3, 0.4) is 0 Å². The summed E-state index contributed by atoms with van der Waals surface area (Å²) in [5, 5.41) is 1.68. The zero-order chi connectivity index (χ0) is 16.2. The van der Waals surface area contributed by atoms with Crippen molar-refractivity contribution >= 4 is 28.5 Å². The summed E-state index contributed by atoms with van der Waals surface area (Å²) in [5.74, 6) is 0.424. The van der Waals surface area contributed by atoms with Gasteiger partial charge in [-0.1, -0.05) is 23.7 Å². The van der Waals surface area contributed by atoms with Gasteiger partial charge in [0.1, 0.15) is 12.4 Å². The van der Waals surface area contributed by atoms with Crippen molar-refractivity contribution in [2.75, 3.05) is 13.7 Å². The van der Waals surface area contributed by atoms with Gasteiger partial charge in [0, 0.05) is 16.6 Å². The Hall–Kier alpha value is -2.46. The molecule has 0 bridgehead atoms. The van der Waals surface area contributed by atoms with E-state index in [0.29, 0.717) is 23.7 Å². The van der Waals surface area contributed by atoms with Crippen LogP contribution in [0.4, 0.5) is 0 Å². The van der Waals surface area contributed by atoms with Gasteiger partial charge in [0.25, 0.3) is 0 Å². The van der Waals surface area contributed by atoms with Crippen LogP contribution in [0, 0.1) is 0 Å². The van der Waals surface area contributed by atoms with Gasteiger partial charge in [-0.2, -0.15) is 0 Å². The van der Waals surface area contributed by atoms with Crippen molar-refractivity contribution in [2.24, 2.45) is 0 Å². The maximum Gasteiger partial charge on any atom is 0.340 e. The normalized spacial score (nSPS) is 10.7. The molecule has 0 radical (unpaired) electrons. The van der Waals surface area contributed by atoms with E-state index in [1.165, 1.54) is 7.11 Å². The van der Waals surface area contributed by atoms with E-state index in [2.05, 4.69) is 0 Å². The molecule has 0 spiro atoms. The van der Waals surface area contributed by atoms with E-state index in [0.717, 1.165) is 16.7 Å². The summed E-state index contributed by atoms with van der Waals surface area (Å²) in [7, 11) is 1.39. The number of esters is 1. The number of fused-ring (bicyclic) bond motifs is 1. The minimum Gasteiger partial charge on any atom is -0.492 e. The molecular weight excluding hydrogens is 314 g/mol. The molecule has 0 saturated heterocycles. The smallest absolute Gasteiger partial charge is 0.340 e. The SMILES string of the molecule is COC(=O)c1cccc2ccn(CCOc3ccc(Cl)cc3)c12. The fraction of sp³-hybridized carbons (Fsp3) is 0.167. The van der Waals surface area contributed by atoms with Crippen LogP contribution >= 0.6 is 11.6 Å². The number of ether oxygens (including phenoxy) is 2. The van der Waals surface area contributed by atoms with Crippen LogP contribution in [0.25, 0.3) is 10.9 Å². The van der Waals surface area contributed by atoms with Crippen molar-refractivity contribution in [3.8, 4) is 5.75 Å². The Labute approximate surface area is 139 Å². The molecule has 23 heavy (non-hydrogen) atoms. The van der Waals surface area contributed by atoms with Crippen LogP contribution in [-0.2, 0) is 11.3 Å². The summed E-state index contributed by atoms with van der Waals surface area (Å²) in [6.07, 6.45) is 1.95. The molecule has 0 fully saturated rings. The van der Waals surface area contributed by atoms with Crippen LogP contribution in [0.15, 0.2) is 54.7 Å². The average molecular weight is 330 g/mol. The number of para-hydroxylation sites is 1.